The molecular weight excluding hydrogens is 341 g/mol. The van der Waals surface area contributed by atoms with E-state index in [1.807, 2.05) is 0 Å². The van der Waals surface area contributed by atoms with Crippen LogP contribution in [-0.4, -0.2) is 31.4 Å². The van der Waals surface area contributed by atoms with Gasteiger partial charge in [0.1, 0.15) is 5.75 Å². The second-order valence-corrected chi connectivity index (χ2v) is 5.27. The number of ether oxygens (including phenoxy) is 2. The van der Waals surface area contributed by atoms with Gasteiger partial charge in [0, 0.05) is 5.70 Å². The highest BCUT2D eigenvalue weighted by Gasteiger charge is 2.35. The monoisotopic (exact) mass is 358 g/mol. The van der Waals surface area contributed by atoms with Crippen molar-refractivity contribution in [2.45, 2.75) is 26.1 Å². The van der Waals surface area contributed by atoms with E-state index in [1.165, 1.54) is 6.92 Å². The molecule has 1 aromatic rings. The summed E-state index contributed by atoms with van der Waals surface area (Å²) < 4.78 is 46.6. The van der Waals surface area contributed by atoms with Crippen LogP contribution in [0.4, 0.5) is 18.0 Å². The van der Waals surface area contributed by atoms with Crippen molar-refractivity contribution in [2.24, 2.45) is 0 Å². The lowest BCUT2D eigenvalue weighted by atomic mass is 9.95. The van der Waals surface area contributed by atoms with Crippen molar-refractivity contribution in [1.82, 2.24) is 10.6 Å². The van der Waals surface area contributed by atoms with Crippen LogP contribution in [0, 0.1) is 0 Å². The molecule has 0 unspecified atom stereocenters. The fourth-order valence-electron chi connectivity index (χ4n) is 2.39. The zero-order chi connectivity index (χ0) is 18.6. The molecule has 0 radical (unpaired) electrons. The van der Waals surface area contributed by atoms with Gasteiger partial charge in [-0.3, -0.25) is 0 Å². The van der Waals surface area contributed by atoms with Gasteiger partial charge in [0.25, 0.3) is 0 Å². The van der Waals surface area contributed by atoms with E-state index in [-0.39, 0.29) is 11.3 Å². The summed E-state index contributed by atoms with van der Waals surface area (Å²) >= 11 is 0. The largest absolute Gasteiger partial charge is 0.494 e. The lowest BCUT2D eigenvalue weighted by molar-refractivity contribution is -0.183. The van der Waals surface area contributed by atoms with E-state index < -0.39 is 30.8 Å². The number of halogens is 3. The first-order valence-corrected chi connectivity index (χ1v) is 7.46. The van der Waals surface area contributed by atoms with Gasteiger partial charge in [0.05, 0.1) is 18.2 Å². The van der Waals surface area contributed by atoms with Crippen LogP contribution in [-0.2, 0) is 9.53 Å². The first-order chi connectivity index (χ1) is 11.7. The third kappa shape index (κ3) is 4.88. The van der Waals surface area contributed by atoms with Crippen molar-refractivity contribution < 1.29 is 32.2 Å². The summed E-state index contributed by atoms with van der Waals surface area (Å²) in [5.74, 6) is -0.650. The van der Waals surface area contributed by atoms with Gasteiger partial charge in [-0.05, 0) is 31.5 Å². The molecule has 2 N–H and O–H groups in total. The van der Waals surface area contributed by atoms with Crippen molar-refractivity contribution in [2.75, 3.05) is 13.2 Å². The van der Waals surface area contributed by atoms with Crippen LogP contribution in [0.15, 0.2) is 35.5 Å². The first kappa shape index (κ1) is 18.6. The Bertz CT molecular complexity index is 701. The van der Waals surface area contributed by atoms with Gasteiger partial charge in [-0.25, -0.2) is 9.59 Å². The lowest BCUT2D eigenvalue weighted by Crippen LogP contribution is -2.45. The quantitative estimate of drug-likeness (QED) is 0.794. The summed E-state index contributed by atoms with van der Waals surface area (Å²) in [6.45, 7) is 1.92. The molecule has 1 aromatic carbocycles. The van der Waals surface area contributed by atoms with Crippen LogP contribution in [0.25, 0.3) is 0 Å². The molecule has 1 atom stereocenters. The zero-order valence-electron chi connectivity index (χ0n) is 13.6. The van der Waals surface area contributed by atoms with E-state index in [1.54, 1.807) is 31.2 Å². The fourth-order valence-corrected chi connectivity index (χ4v) is 2.39. The predicted molar refractivity (Wildman–Crippen MR) is 81.7 cm³/mol. The number of urea groups is 1. The van der Waals surface area contributed by atoms with Crippen LogP contribution in [0.2, 0.25) is 0 Å². The second-order valence-electron chi connectivity index (χ2n) is 5.27. The average molecular weight is 358 g/mol. The van der Waals surface area contributed by atoms with Gasteiger partial charge < -0.3 is 20.1 Å². The highest BCUT2D eigenvalue weighted by atomic mass is 19.4. The standard InChI is InChI=1S/C16H17F3N2O4/c1-3-24-11-6-4-5-10(7-11)13-12(9(2)20-15(23)21-13)14(22)25-8-16(17,18)19/h4-7,13H,3,8H2,1-2H3,(H2,20,21,23)/t13-/m1/s1. The Morgan fingerprint density at radius 2 is 2.04 bits per heavy atom. The normalized spacial score (nSPS) is 17.6. The molecule has 0 saturated carbocycles. The van der Waals surface area contributed by atoms with Gasteiger partial charge in [0.15, 0.2) is 6.61 Å². The number of carbonyl (C=O) groups is 2. The van der Waals surface area contributed by atoms with Crippen molar-refractivity contribution in [3.05, 3.63) is 41.1 Å². The molecule has 1 aliphatic rings. The number of carbonyl (C=O) groups excluding carboxylic acids is 2. The summed E-state index contributed by atoms with van der Waals surface area (Å²) in [7, 11) is 0. The van der Waals surface area contributed by atoms with Crippen molar-refractivity contribution >= 4 is 12.0 Å². The minimum absolute atomic E-state index is 0.0995. The average Bonchev–Trinajstić information content (AvgIpc) is 2.52. The van der Waals surface area contributed by atoms with Crippen molar-refractivity contribution in [3.8, 4) is 5.75 Å². The maximum absolute atomic E-state index is 12.3. The smallest absolute Gasteiger partial charge is 0.422 e. The number of hydrogen-bond donors (Lipinski definition) is 2. The molecule has 0 aromatic heterocycles. The molecule has 0 aliphatic carbocycles. The number of amides is 2. The molecule has 0 spiro atoms. The maximum atomic E-state index is 12.3. The van der Waals surface area contributed by atoms with Gasteiger partial charge in [-0.1, -0.05) is 12.1 Å². The van der Waals surface area contributed by atoms with Gasteiger partial charge in [-0.2, -0.15) is 13.2 Å². The number of hydrogen-bond acceptors (Lipinski definition) is 4. The zero-order valence-corrected chi connectivity index (χ0v) is 13.6. The SMILES string of the molecule is CCOc1cccc([C@H]2NC(=O)NC(C)=C2C(=O)OCC(F)(F)F)c1. The number of esters is 1. The number of rotatable bonds is 5. The fraction of sp³-hybridized carbons (Fsp3) is 0.375. The van der Waals surface area contributed by atoms with E-state index >= 15 is 0 Å². The van der Waals surface area contributed by atoms with Crippen LogP contribution in [0.1, 0.15) is 25.5 Å². The van der Waals surface area contributed by atoms with Crippen molar-refractivity contribution in [1.29, 1.82) is 0 Å². The molecule has 1 heterocycles. The molecule has 136 valence electrons. The summed E-state index contributed by atoms with van der Waals surface area (Å²) in [4.78, 5) is 23.9. The Morgan fingerprint density at radius 1 is 1.32 bits per heavy atom. The molecule has 0 fully saturated rings. The van der Waals surface area contributed by atoms with Crippen LogP contribution >= 0.6 is 0 Å². The third-order valence-corrected chi connectivity index (χ3v) is 3.36. The number of nitrogens with one attached hydrogen (secondary N) is 2. The highest BCUT2D eigenvalue weighted by molar-refractivity contribution is 5.95. The van der Waals surface area contributed by atoms with Crippen molar-refractivity contribution in [3.63, 3.8) is 0 Å². The molecule has 0 saturated heterocycles. The molecular formula is C16H17F3N2O4. The van der Waals surface area contributed by atoms with Gasteiger partial charge in [-0.15, -0.1) is 0 Å². The second kappa shape index (κ2) is 7.45. The van der Waals surface area contributed by atoms with Gasteiger partial charge in [0.2, 0.25) is 0 Å². The van der Waals surface area contributed by atoms with E-state index in [9.17, 15) is 22.8 Å². The molecule has 2 rings (SSSR count). The minimum atomic E-state index is -4.64. The number of benzene rings is 1. The topological polar surface area (TPSA) is 76.7 Å². The maximum Gasteiger partial charge on any atom is 0.422 e. The molecule has 25 heavy (non-hydrogen) atoms. The minimum Gasteiger partial charge on any atom is -0.494 e. The number of alkyl halides is 3. The number of allylic oxidation sites excluding steroid dienone is 1. The summed E-state index contributed by atoms with van der Waals surface area (Å²) in [6, 6.07) is 5.05. The summed E-state index contributed by atoms with van der Waals surface area (Å²) in [5, 5.41) is 4.88. The van der Waals surface area contributed by atoms with E-state index in [4.69, 9.17) is 4.74 Å². The Kier molecular flexibility index (Phi) is 5.55. The van der Waals surface area contributed by atoms with Gasteiger partial charge >= 0.3 is 18.2 Å². The summed E-state index contributed by atoms with van der Waals surface area (Å²) in [6.07, 6.45) is -4.64. The van der Waals surface area contributed by atoms with Crippen LogP contribution in [0.3, 0.4) is 0 Å². The Hall–Kier alpha value is -2.71. The molecule has 0 bridgehead atoms. The predicted octanol–water partition coefficient (Wildman–Crippen LogP) is 2.82. The lowest BCUT2D eigenvalue weighted by Gasteiger charge is -2.28. The Morgan fingerprint density at radius 3 is 2.68 bits per heavy atom. The van der Waals surface area contributed by atoms with E-state index in [2.05, 4.69) is 15.4 Å². The molecule has 1 aliphatic heterocycles. The Labute approximate surface area is 142 Å². The first-order valence-electron chi connectivity index (χ1n) is 7.46. The van der Waals surface area contributed by atoms with E-state index in [0.29, 0.717) is 17.9 Å². The Balaban J connectivity index is 2.33. The van der Waals surface area contributed by atoms with Crippen LogP contribution < -0.4 is 15.4 Å². The highest BCUT2D eigenvalue weighted by Crippen LogP contribution is 2.30. The summed E-state index contributed by atoms with van der Waals surface area (Å²) in [5.41, 5.74) is 0.513. The molecule has 2 amide bonds. The van der Waals surface area contributed by atoms with E-state index in [0.717, 1.165) is 0 Å². The molecule has 6 nitrogen and oxygen atoms in total. The molecule has 9 heteroatoms. The third-order valence-electron chi connectivity index (χ3n) is 3.36. The van der Waals surface area contributed by atoms with Crippen LogP contribution in [0.5, 0.6) is 5.75 Å².